The van der Waals surface area contributed by atoms with E-state index in [4.69, 9.17) is 9.84 Å². The number of rotatable bonds is 7. The maximum atomic E-state index is 11.6. The van der Waals surface area contributed by atoms with Gasteiger partial charge in [0.1, 0.15) is 24.7 Å². The van der Waals surface area contributed by atoms with Gasteiger partial charge in [0.15, 0.2) is 15.7 Å². The lowest BCUT2D eigenvalue weighted by molar-refractivity contribution is -0.137. The number of sulfone groups is 1. The summed E-state index contributed by atoms with van der Waals surface area (Å²) in [5, 5.41) is 13.2. The zero-order chi connectivity index (χ0) is 17.9. The zero-order valence-corrected chi connectivity index (χ0v) is 14.4. The van der Waals surface area contributed by atoms with Crippen LogP contribution < -0.4 is 4.74 Å². The molecule has 1 aliphatic heterocycles. The lowest BCUT2D eigenvalue weighted by Gasteiger charge is -2.07. The van der Waals surface area contributed by atoms with Crippen LogP contribution in [0.5, 0.6) is 5.75 Å². The van der Waals surface area contributed by atoms with Crippen molar-refractivity contribution in [3.05, 3.63) is 42.0 Å². The Labute approximate surface area is 145 Å². The van der Waals surface area contributed by atoms with E-state index in [-0.39, 0.29) is 30.6 Å². The molecule has 0 amide bonds. The van der Waals surface area contributed by atoms with Gasteiger partial charge >= 0.3 is 5.97 Å². The number of aromatic nitrogens is 3. The molecule has 8 nitrogen and oxygen atoms in total. The highest BCUT2D eigenvalue weighted by Crippen LogP contribution is 2.22. The average molecular weight is 365 g/mol. The SMILES string of the molecule is O=C(O)Cn1nc(COc2ccccc2)nc1C[C@@H]1CCS(=O)(=O)C1. The highest BCUT2D eigenvalue weighted by atomic mass is 32.2. The predicted molar refractivity (Wildman–Crippen MR) is 88.9 cm³/mol. The van der Waals surface area contributed by atoms with Gasteiger partial charge in [0.25, 0.3) is 0 Å². The highest BCUT2D eigenvalue weighted by Gasteiger charge is 2.29. The second-order valence-electron chi connectivity index (χ2n) is 6.07. The summed E-state index contributed by atoms with van der Waals surface area (Å²) in [6.45, 7) is -0.195. The number of carboxylic acids is 1. The summed E-state index contributed by atoms with van der Waals surface area (Å²) in [5.74, 6) is 0.736. The van der Waals surface area contributed by atoms with E-state index in [0.717, 1.165) is 0 Å². The molecule has 3 rings (SSSR count). The first-order valence-corrected chi connectivity index (χ1v) is 9.76. The van der Waals surface area contributed by atoms with Crippen molar-refractivity contribution in [1.29, 1.82) is 0 Å². The fraction of sp³-hybridized carbons (Fsp3) is 0.438. The van der Waals surface area contributed by atoms with Crippen molar-refractivity contribution in [2.24, 2.45) is 5.92 Å². The molecule has 1 aliphatic rings. The van der Waals surface area contributed by atoms with Gasteiger partial charge in [-0.05, 0) is 24.5 Å². The van der Waals surface area contributed by atoms with Crippen LogP contribution >= 0.6 is 0 Å². The lowest BCUT2D eigenvalue weighted by atomic mass is 10.1. The molecule has 1 atom stereocenters. The van der Waals surface area contributed by atoms with Crippen LogP contribution in [-0.4, -0.2) is 45.8 Å². The van der Waals surface area contributed by atoms with Gasteiger partial charge < -0.3 is 9.84 Å². The van der Waals surface area contributed by atoms with Gasteiger partial charge in [-0.2, -0.15) is 5.10 Å². The van der Waals surface area contributed by atoms with Crippen LogP contribution in [-0.2, 0) is 34.2 Å². The minimum absolute atomic E-state index is 0.0513. The molecule has 25 heavy (non-hydrogen) atoms. The van der Waals surface area contributed by atoms with Crippen LogP contribution in [0.3, 0.4) is 0 Å². The quantitative estimate of drug-likeness (QED) is 0.776. The second-order valence-corrected chi connectivity index (χ2v) is 8.30. The minimum atomic E-state index is -2.99. The van der Waals surface area contributed by atoms with E-state index < -0.39 is 15.8 Å². The molecule has 0 unspecified atom stereocenters. The number of nitrogens with zero attached hydrogens (tertiary/aromatic N) is 3. The first-order valence-electron chi connectivity index (χ1n) is 7.94. The molecule has 1 saturated heterocycles. The molecule has 2 aromatic rings. The van der Waals surface area contributed by atoms with E-state index >= 15 is 0 Å². The van der Waals surface area contributed by atoms with Crippen LogP contribution in [0.1, 0.15) is 18.1 Å². The van der Waals surface area contributed by atoms with E-state index in [1.807, 2.05) is 18.2 Å². The van der Waals surface area contributed by atoms with Gasteiger partial charge in [0, 0.05) is 6.42 Å². The molecule has 1 fully saturated rings. The lowest BCUT2D eigenvalue weighted by Crippen LogP contribution is -2.16. The number of benzene rings is 1. The van der Waals surface area contributed by atoms with Crippen molar-refractivity contribution >= 4 is 15.8 Å². The molecule has 1 aromatic heterocycles. The Morgan fingerprint density at radius 3 is 2.72 bits per heavy atom. The van der Waals surface area contributed by atoms with Crippen molar-refractivity contribution < 1.29 is 23.1 Å². The minimum Gasteiger partial charge on any atom is -0.486 e. The van der Waals surface area contributed by atoms with E-state index in [9.17, 15) is 13.2 Å². The second kappa shape index (κ2) is 7.22. The number of carbonyl (C=O) groups is 1. The van der Waals surface area contributed by atoms with Crippen molar-refractivity contribution in [2.45, 2.75) is 26.0 Å². The van der Waals surface area contributed by atoms with Crippen molar-refractivity contribution in [3.8, 4) is 5.75 Å². The molecule has 0 bridgehead atoms. The van der Waals surface area contributed by atoms with Gasteiger partial charge in [-0.1, -0.05) is 18.2 Å². The number of hydrogen-bond acceptors (Lipinski definition) is 6. The van der Waals surface area contributed by atoms with Crippen LogP contribution in [0.25, 0.3) is 0 Å². The number of ether oxygens (including phenoxy) is 1. The monoisotopic (exact) mass is 365 g/mol. The third-order valence-corrected chi connectivity index (χ3v) is 5.82. The third kappa shape index (κ3) is 4.79. The molecule has 9 heteroatoms. The van der Waals surface area contributed by atoms with Crippen LogP contribution in [0.2, 0.25) is 0 Å². The van der Waals surface area contributed by atoms with Gasteiger partial charge in [0.05, 0.1) is 11.5 Å². The van der Waals surface area contributed by atoms with Crippen LogP contribution in [0.4, 0.5) is 0 Å². The van der Waals surface area contributed by atoms with E-state index in [0.29, 0.717) is 30.2 Å². The summed E-state index contributed by atoms with van der Waals surface area (Å²) in [6, 6.07) is 9.17. The largest absolute Gasteiger partial charge is 0.486 e. The molecule has 0 saturated carbocycles. The summed E-state index contributed by atoms with van der Waals surface area (Å²) in [6.07, 6.45) is 0.961. The summed E-state index contributed by atoms with van der Waals surface area (Å²) in [5.41, 5.74) is 0. The molecule has 134 valence electrons. The molecule has 1 N–H and O–H groups in total. The highest BCUT2D eigenvalue weighted by molar-refractivity contribution is 7.91. The first-order chi connectivity index (χ1) is 11.9. The Morgan fingerprint density at radius 1 is 1.32 bits per heavy atom. The van der Waals surface area contributed by atoms with Gasteiger partial charge in [-0.15, -0.1) is 0 Å². The number of aliphatic carboxylic acids is 1. The maximum Gasteiger partial charge on any atom is 0.325 e. The summed E-state index contributed by atoms with van der Waals surface area (Å²) in [7, 11) is -2.99. The normalized spacial score (nSPS) is 19.0. The Hall–Kier alpha value is -2.42. The zero-order valence-electron chi connectivity index (χ0n) is 13.5. The Kier molecular flexibility index (Phi) is 5.03. The first kappa shape index (κ1) is 17.4. The summed E-state index contributed by atoms with van der Waals surface area (Å²) < 4.78 is 30.1. The maximum absolute atomic E-state index is 11.6. The third-order valence-electron chi connectivity index (χ3n) is 3.99. The fourth-order valence-corrected chi connectivity index (χ4v) is 4.71. The molecular weight excluding hydrogens is 346 g/mol. The molecule has 1 aromatic carbocycles. The molecule has 2 heterocycles. The molecule has 0 radical (unpaired) electrons. The Bertz CT molecular complexity index is 848. The van der Waals surface area contributed by atoms with Gasteiger partial charge in [-0.3, -0.25) is 4.79 Å². The molecule has 0 aliphatic carbocycles. The standard InChI is InChI=1S/C16H19N3O5S/c20-16(21)9-19-15(8-12-6-7-25(22,23)11-12)17-14(18-19)10-24-13-4-2-1-3-5-13/h1-5,12H,6-11H2,(H,20,21)/t12-/m0/s1. The van der Waals surface area contributed by atoms with E-state index in [1.54, 1.807) is 12.1 Å². The predicted octanol–water partition coefficient (Wildman–Crippen LogP) is 0.919. The number of para-hydroxylation sites is 1. The Balaban J connectivity index is 1.72. The Morgan fingerprint density at radius 2 is 2.08 bits per heavy atom. The van der Waals surface area contributed by atoms with Crippen molar-refractivity contribution in [3.63, 3.8) is 0 Å². The smallest absolute Gasteiger partial charge is 0.325 e. The van der Waals surface area contributed by atoms with Crippen molar-refractivity contribution in [1.82, 2.24) is 14.8 Å². The number of hydrogen-bond donors (Lipinski definition) is 1. The van der Waals surface area contributed by atoms with Crippen LogP contribution in [0.15, 0.2) is 30.3 Å². The van der Waals surface area contributed by atoms with Gasteiger partial charge in [0.2, 0.25) is 0 Å². The fourth-order valence-electron chi connectivity index (χ4n) is 2.85. The van der Waals surface area contributed by atoms with E-state index in [2.05, 4.69) is 10.1 Å². The topological polar surface area (TPSA) is 111 Å². The van der Waals surface area contributed by atoms with Crippen molar-refractivity contribution in [2.75, 3.05) is 11.5 Å². The molecule has 0 spiro atoms. The van der Waals surface area contributed by atoms with E-state index in [1.165, 1.54) is 4.68 Å². The van der Waals surface area contributed by atoms with Crippen LogP contribution in [0, 0.1) is 5.92 Å². The van der Waals surface area contributed by atoms with Gasteiger partial charge in [-0.25, -0.2) is 18.1 Å². The summed E-state index contributed by atoms with van der Waals surface area (Å²) in [4.78, 5) is 15.4. The average Bonchev–Trinajstić information content (AvgIpc) is 3.09. The summed E-state index contributed by atoms with van der Waals surface area (Å²) >= 11 is 0. The number of carboxylic acid groups (broad SMARTS) is 1. The molecular formula is C16H19N3O5S.